The molecule has 30 heavy (non-hydrogen) atoms. The average Bonchev–Trinajstić information content (AvgIpc) is 2.41. The molecule has 0 saturated heterocycles. The van der Waals surface area contributed by atoms with Crippen molar-refractivity contribution in [2.24, 2.45) is 0 Å². The smallest absolute Gasteiger partial charge is 0.200 e. The van der Waals surface area contributed by atoms with Gasteiger partial charge in [-0.05, 0) is 0 Å². The summed E-state index contributed by atoms with van der Waals surface area (Å²) in [7, 11) is -5.99. The van der Waals surface area contributed by atoms with Crippen molar-refractivity contribution in [3.63, 3.8) is 0 Å². The lowest BCUT2D eigenvalue weighted by Gasteiger charge is -2.42. The highest BCUT2D eigenvalue weighted by molar-refractivity contribution is 7.86. The fourth-order valence-electron chi connectivity index (χ4n) is 1.39. The highest BCUT2D eigenvalue weighted by Crippen LogP contribution is 2.64. The van der Waals surface area contributed by atoms with E-state index in [1.807, 2.05) is 4.18 Å². The summed E-state index contributed by atoms with van der Waals surface area (Å²) in [4.78, 5) is 0. The van der Waals surface area contributed by atoms with Crippen molar-refractivity contribution < 1.29 is 87.2 Å². The maximum atomic E-state index is 13.2. The Bertz CT molecular complexity index is 749. The summed E-state index contributed by atoms with van der Waals surface area (Å²) in [5.41, 5.74) is 0. The Labute approximate surface area is 152 Å². The first-order chi connectivity index (χ1) is 12.5. The Morgan fingerprint density at radius 3 is 0.933 bits per heavy atom. The van der Waals surface area contributed by atoms with Crippen LogP contribution in [-0.4, -0.2) is 62.5 Å². The molecule has 0 aliphatic carbocycles. The normalized spacial score (nSPS) is 16.7. The molecule has 0 radical (unpaired) electrons. The van der Waals surface area contributed by atoms with Crippen LogP contribution in [0.4, 0.5) is 74.6 Å². The van der Waals surface area contributed by atoms with Gasteiger partial charge in [0.25, 0.3) is 10.1 Å². The molecule has 0 saturated carbocycles. The number of rotatable bonds is 8. The summed E-state index contributed by atoms with van der Waals surface area (Å²) >= 11 is 0. The summed E-state index contributed by atoms with van der Waals surface area (Å²) in [6.45, 7) is 0. The maximum Gasteiger partial charge on any atom is 0.460 e. The van der Waals surface area contributed by atoms with Gasteiger partial charge in [0, 0.05) is 0 Å². The Hall–Kier alpha value is -1.28. The van der Waals surface area contributed by atoms with Crippen molar-refractivity contribution in [3.8, 4) is 0 Å². The second-order valence-electron chi connectivity index (χ2n) is 5.25. The Kier molecular flexibility index (Phi) is 6.57. The largest absolute Gasteiger partial charge is 0.460 e. The lowest BCUT2D eigenvalue weighted by Crippen LogP contribution is -2.74. The molecular formula is C9H3F17O3S. The molecule has 0 spiro atoms. The molecule has 0 bridgehead atoms. The highest BCUT2D eigenvalue weighted by Gasteiger charge is 2.95. The summed E-state index contributed by atoms with van der Waals surface area (Å²) in [5, 5.41) is 0. The van der Waals surface area contributed by atoms with Gasteiger partial charge in [-0.1, -0.05) is 0 Å². The van der Waals surface area contributed by atoms with Crippen LogP contribution in [-0.2, 0) is 14.3 Å². The third-order valence-electron chi connectivity index (χ3n) is 2.95. The molecule has 0 aliphatic rings. The highest BCUT2D eigenvalue weighted by atomic mass is 32.2. The fourth-order valence-corrected chi connectivity index (χ4v) is 1.88. The van der Waals surface area contributed by atoms with Crippen molar-refractivity contribution in [3.05, 3.63) is 0 Å². The molecule has 0 aliphatic heterocycles. The molecule has 0 aromatic carbocycles. The number of alkyl halides is 17. The van der Waals surface area contributed by atoms with Crippen LogP contribution in [0.2, 0.25) is 0 Å². The molecule has 0 unspecified atom stereocenters. The molecule has 0 heterocycles. The zero-order valence-electron chi connectivity index (χ0n) is 13.1. The van der Waals surface area contributed by atoms with Gasteiger partial charge < -0.3 is 0 Å². The van der Waals surface area contributed by atoms with Gasteiger partial charge in [-0.25, -0.2) is 0 Å². The van der Waals surface area contributed by atoms with Gasteiger partial charge in [0.15, 0.2) is 0 Å². The van der Waals surface area contributed by atoms with Gasteiger partial charge in [0.05, 0.1) is 6.26 Å². The molecule has 0 fully saturated rings. The van der Waals surface area contributed by atoms with Crippen LogP contribution >= 0.6 is 0 Å². The zero-order valence-corrected chi connectivity index (χ0v) is 13.9. The van der Waals surface area contributed by atoms with E-state index in [0.29, 0.717) is 0 Å². The van der Waals surface area contributed by atoms with E-state index < -0.39 is 64.2 Å². The predicted molar refractivity (Wildman–Crippen MR) is 56.6 cm³/mol. The van der Waals surface area contributed by atoms with Crippen molar-refractivity contribution in [1.82, 2.24) is 0 Å². The SMILES string of the molecule is CS(=O)(=O)OC(F)(F)C(F)(F)C(F)(F)C(F)(F)C(F)(F)C(F)(F)C(F)(F)C(F)(F)F. The van der Waals surface area contributed by atoms with Crippen LogP contribution in [0.3, 0.4) is 0 Å². The molecule has 0 aromatic heterocycles. The Balaban J connectivity index is 6.77. The fraction of sp³-hybridized carbons (Fsp3) is 1.00. The topological polar surface area (TPSA) is 43.4 Å². The van der Waals surface area contributed by atoms with E-state index in [1.54, 1.807) is 0 Å². The Morgan fingerprint density at radius 2 is 0.700 bits per heavy atom. The van der Waals surface area contributed by atoms with Crippen molar-refractivity contribution in [2.45, 2.75) is 47.8 Å². The van der Waals surface area contributed by atoms with Crippen molar-refractivity contribution in [2.75, 3.05) is 6.26 Å². The van der Waals surface area contributed by atoms with E-state index in [1.165, 1.54) is 0 Å². The number of halogens is 17. The number of hydrogen-bond donors (Lipinski definition) is 0. The molecule has 0 amide bonds. The first kappa shape index (κ1) is 28.7. The number of hydrogen-bond acceptors (Lipinski definition) is 3. The van der Waals surface area contributed by atoms with Crippen molar-refractivity contribution >= 4 is 10.1 Å². The van der Waals surface area contributed by atoms with Gasteiger partial charge in [0.1, 0.15) is 0 Å². The van der Waals surface area contributed by atoms with Crippen LogP contribution in [0.1, 0.15) is 0 Å². The summed E-state index contributed by atoms with van der Waals surface area (Å²) in [5.74, 6) is -51.3. The second kappa shape index (κ2) is 6.86. The van der Waals surface area contributed by atoms with E-state index >= 15 is 0 Å². The van der Waals surface area contributed by atoms with E-state index in [-0.39, 0.29) is 0 Å². The van der Waals surface area contributed by atoms with Crippen LogP contribution in [0.15, 0.2) is 0 Å². The first-order valence-electron chi connectivity index (χ1n) is 6.08. The molecule has 3 nitrogen and oxygen atoms in total. The molecule has 0 N–H and O–H groups in total. The minimum atomic E-state index is -8.79. The maximum absolute atomic E-state index is 13.2. The van der Waals surface area contributed by atoms with Gasteiger partial charge in [-0.3, -0.25) is 0 Å². The standard InChI is InChI=1S/C9H3F17O3S/c1-30(27,28)29-9(25,26)7(20,21)5(16,17)3(12,13)2(10,11)4(14,15)6(18,19)8(22,23)24/h1H3. The lowest BCUT2D eigenvalue weighted by molar-refractivity contribution is -0.471. The van der Waals surface area contributed by atoms with E-state index in [2.05, 4.69) is 0 Å². The van der Waals surface area contributed by atoms with Crippen LogP contribution < -0.4 is 0 Å². The minimum Gasteiger partial charge on any atom is -0.200 e. The van der Waals surface area contributed by atoms with E-state index in [0.717, 1.165) is 0 Å². The quantitative estimate of drug-likeness (QED) is 0.341. The van der Waals surface area contributed by atoms with Gasteiger partial charge in [-0.15, -0.1) is 0 Å². The first-order valence-corrected chi connectivity index (χ1v) is 7.89. The third-order valence-corrected chi connectivity index (χ3v) is 3.46. The lowest BCUT2D eigenvalue weighted by atomic mass is 9.91. The zero-order chi connectivity index (χ0) is 25.2. The van der Waals surface area contributed by atoms with Crippen LogP contribution in [0, 0.1) is 0 Å². The molecule has 0 aromatic rings. The Morgan fingerprint density at radius 1 is 0.467 bits per heavy atom. The van der Waals surface area contributed by atoms with Gasteiger partial charge >= 0.3 is 47.8 Å². The molecule has 0 atom stereocenters. The second-order valence-corrected chi connectivity index (χ2v) is 6.82. The van der Waals surface area contributed by atoms with Crippen molar-refractivity contribution in [1.29, 1.82) is 0 Å². The van der Waals surface area contributed by atoms with Crippen LogP contribution in [0.25, 0.3) is 0 Å². The third kappa shape index (κ3) is 3.85. The van der Waals surface area contributed by atoms with E-state index in [4.69, 9.17) is 0 Å². The summed E-state index contributed by atoms with van der Waals surface area (Å²) in [6.07, 6.45) is -15.9. The van der Waals surface area contributed by atoms with Gasteiger partial charge in [-0.2, -0.15) is 87.2 Å². The van der Waals surface area contributed by atoms with Gasteiger partial charge in [0.2, 0.25) is 0 Å². The minimum absolute atomic E-state index is 0.597. The molecule has 21 heteroatoms. The molecule has 182 valence electrons. The average molecular weight is 514 g/mol. The van der Waals surface area contributed by atoms with E-state index in [9.17, 15) is 83.1 Å². The predicted octanol–water partition coefficient (Wildman–Crippen LogP) is 4.93. The molecule has 0 rings (SSSR count). The molecular weight excluding hydrogens is 511 g/mol. The monoisotopic (exact) mass is 514 g/mol. The summed E-state index contributed by atoms with van der Waals surface area (Å²) < 4.78 is 240. The summed E-state index contributed by atoms with van der Waals surface area (Å²) in [6, 6.07) is 0. The van der Waals surface area contributed by atoms with Crippen LogP contribution in [0.5, 0.6) is 0 Å².